The van der Waals surface area contributed by atoms with Gasteiger partial charge in [-0.25, -0.2) is 0 Å². The van der Waals surface area contributed by atoms with Crippen molar-refractivity contribution >= 4 is 5.69 Å². The molecule has 0 bridgehead atoms. The standard InChI is InChI=1S/C20H24N2O/c1-21-19-6-7-22-20-5-2-13(11-18(19)20)8-14-9-15-3-4-17(23)12-16(15)10-14/h2-5,11-12,14,19,21-23H,6-10H2,1H3. The summed E-state index contributed by atoms with van der Waals surface area (Å²) in [6, 6.07) is 13.2. The van der Waals surface area contributed by atoms with Crippen LogP contribution in [0.15, 0.2) is 36.4 Å². The van der Waals surface area contributed by atoms with Crippen molar-refractivity contribution in [3.05, 3.63) is 58.7 Å². The van der Waals surface area contributed by atoms with E-state index in [0.29, 0.717) is 17.7 Å². The van der Waals surface area contributed by atoms with Gasteiger partial charge >= 0.3 is 0 Å². The van der Waals surface area contributed by atoms with Gasteiger partial charge in [-0.2, -0.15) is 0 Å². The number of aromatic hydroxyl groups is 1. The van der Waals surface area contributed by atoms with E-state index in [2.05, 4.69) is 34.9 Å². The number of hydrogen-bond acceptors (Lipinski definition) is 3. The van der Waals surface area contributed by atoms with Gasteiger partial charge < -0.3 is 15.7 Å². The zero-order valence-corrected chi connectivity index (χ0v) is 13.6. The van der Waals surface area contributed by atoms with Crippen LogP contribution in [0.4, 0.5) is 5.69 Å². The molecule has 4 rings (SSSR count). The second kappa shape index (κ2) is 5.89. The van der Waals surface area contributed by atoms with Crippen molar-refractivity contribution < 1.29 is 5.11 Å². The van der Waals surface area contributed by atoms with Crippen molar-refractivity contribution in [1.29, 1.82) is 0 Å². The molecule has 0 fully saturated rings. The van der Waals surface area contributed by atoms with Crippen LogP contribution in [0.5, 0.6) is 5.75 Å². The average molecular weight is 308 g/mol. The summed E-state index contributed by atoms with van der Waals surface area (Å²) in [7, 11) is 2.05. The number of anilines is 1. The molecule has 0 amide bonds. The molecule has 0 spiro atoms. The molecule has 0 saturated carbocycles. The van der Waals surface area contributed by atoms with Crippen molar-refractivity contribution in [2.75, 3.05) is 18.9 Å². The third-order valence-corrected chi connectivity index (χ3v) is 5.32. The maximum absolute atomic E-state index is 9.65. The highest BCUT2D eigenvalue weighted by Gasteiger charge is 2.23. The number of phenolic OH excluding ortho intramolecular Hbond substituents is 1. The van der Waals surface area contributed by atoms with E-state index in [9.17, 15) is 5.11 Å². The molecular formula is C20H24N2O. The molecule has 2 aliphatic rings. The van der Waals surface area contributed by atoms with Crippen LogP contribution in [0.3, 0.4) is 0 Å². The third-order valence-electron chi connectivity index (χ3n) is 5.32. The van der Waals surface area contributed by atoms with Gasteiger partial charge in [0.2, 0.25) is 0 Å². The van der Waals surface area contributed by atoms with E-state index in [-0.39, 0.29) is 0 Å². The molecule has 120 valence electrons. The van der Waals surface area contributed by atoms with Crippen LogP contribution < -0.4 is 10.6 Å². The Morgan fingerprint density at radius 3 is 2.87 bits per heavy atom. The van der Waals surface area contributed by atoms with Crippen LogP contribution in [0.1, 0.15) is 34.7 Å². The summed E-state index contributed by atoms with van der Waals surface area (Å²) >= 11 is 0. The second-order valence-electron chi connectivity index (χ2n) is 6.91. The normalized spacial score (nSPS) is 22.3. The Morgan fingerprint density at radius 1 is 1.13 bits per heavy atom. The largest absolute Gasteiger partial charge is 0.508 e. The van der Waals surface area contributed by atoms with Gasteiger partial charge in [0.05, 0.1) is 0 Å². The van der Waals surface area contributed by atoms with Crippen molar-refractivity contribution in [2.45, 2.75) is 31.7 Å². The van der Waals surface area contributed by atoms with Gasteiger partial charge in [0, 0.05) is 18.3 Å². The zero-order chi connectivity index (χ0) is 15.8. The third kappa shape index (κ3) is 2.81. The fraction of sp³-hybridized carbons (Fsp3) is 0.400. The van der Waals surface area contributed by atoms with Gasteiger partial charge in [0.1, 0.15) is 5.75 Å². The van der Waals surface area contributed by atoms with E-state index in [1.54, 1.807) is 0 Å². The van der Waals surface area contributed by atoms with E-state index >= 15 is 0 Å². The first-order valence-corrected chi connectivity index (χ1v) is 8.57. The number of rotatable bonds is 3. The lowest BCUT2D eigenvalue weighted by Gasteiger charge is -2.27. The molecule has 1 aliphatic heterocycles. The van der Waals surface area contributed by atoms with Gasteiger partial charge in [-0.15, -0.1) is 0 Å². The van der Waals surface area contributed by atoms with Crippen molar-refractivity contribution in [1.82, 2.24) is 5.32 Å². The molecule has 0 aromatic heterocycles. The Hall–Kier alpha value is -2.00. The van der Waals surface area contributed by atoms with E-state index in [0.717, 1.165) is 32.2 Å². The molecule has 2 atom stereocenters. The summed E-state index contributed by atoms with van der Waals surface area (Å²) in [5.74, 6) is 1.04. The van der Waals surface area contributed by atoms with Gasteiger partial charge in [0.25, 0.3) is 0 Å². The summed E-state index contributed by atoms with van der Waals surface area (Å²) in [5, 5.41) is 16.6. The Morgan fingerprint density at radius 2 is 2.00 bits per heavy atom. The molecule has 3 N–H and O–H groups in total. The Kier molecular flexibility index (Phi) is 3.74. The lowest BCUT2D eigenvalue weighted by Crippen LogP contribution is -2.25. The van der Waals surface area contributed by atoms with Crippen LogP contribution in [0.25, 0.3) is 0 Å². The molecule has 23 heavy (non-hydrogen) atoms. The summed E-state index contributed by atoms with van der Waals surface area (Å²) in [6.45, 7) is 1.04. The lowest BCUT2D eigenvalue weighted by atomic mass is 9.91. The second-order valence-corrected chi connectivity index (χ2v) is 6.91. The van der Waals surface area contributed by atoms with Gasteiger partial charge in [-0.05, 0) is 79.1 Å². The number of benzene rings is 2. The predicted octanol–water partition coefficient (Wildman–Crippen LogP) is 3.43. The highest BCUT2D eigenvalue weighted by Crippen LogP contribution is 2.34. The Bertz CT molecular complexity index is 726. The minimum Gasteiger partial charge on any atom is -0.508 e. The first kappa shape index (κ1) is 14.6. The van der Waals surface area contributed by atoms with Gasteiger partial charge in [0.15, 0.2) is 0 Å². The molecule has 1 heterocycles. The highest BCUT2D eigenvalue weighted by molar-refractivity contribution is 5.56. The molecule has 1 aliphatic carbocycles. The SMILES string of the molecule is CNC1CCNc2ccc(CC3Cc4ccc(O)cc4C3)cc21. The average Bonchev–Trinajstić information content (AvgIpc) is 2.95. The topological polar surface area (TPSA) is 44.3 Å². The number of phenols is 1. The molecular weight excluding hydrogens is 284 g/mol. The highest BCUT2D eigenvalue weighted by atomic mass is 16.3. The van der Waals surface area contributed by atoms with Gasteiger partial charge in [-0.1, -0.05) is 18.2 Å². The zero-order valence-electron chi connectivity index (χ0n) is 13.6. The molecule has 2 unspecified atom stereocenters. The minimum absolute atomic E-state index is 0.390. The first-order chi connectivity index (χ1) is 11.2. The molecule has 0 saturated heterocycles. The van der Waals surface area contributed by atoms with Crippen molar-refractivity contribution in [2.24, 2.45) is 5.92 Å². The quantitative estimate of drug-likeness (QED) is 0.814. The van der Waals surface area contributed by atoms with E-state index in [1.165, 1.54) is 27.9 Å². The molecule has 2 aromatic carbocycles. The Balaban J connectivity index is 1.52. The predicted molar refractivity (Wildman–Crippen MR) is 94.1 cm³/mol. The van der Waals surface area contributed by atoms with Crippen LogP contribution in [-0.2, 0) is 19.3 Å². The summed E-state index contributed by atoms with van der Waals surface area (Å²) < 4.78 is 0. The number of hydrogen-bond donors (Lipinski definition) is 3. The monoisotopic (exact) mass is 308 g/mol. The first-order valence-electron chi connectivity index (χ1n) is 8.57. The lowest BCUT2D eigenvalue weighted by molar-refractivity contribution is 0.474. The summed E-state index contributed by atoms with van der Waals surface area (Å²) in [4.78, 5) is 0. The van der Waals surface area contributed by atoms with Gasteiger partial charge in [-0.3, -0.25) is 0 Å². The fourth-order valence-electron chi connectivity index (χ4n) is 4.17. The van der Waals surface area contributed by atoms with E-state index in [4.69, 9.17) is 0 Å². The van der Waals surface area contributed by atoms with Crippen molar-refractivity contribution in [3.8, 4) is 5.75 Å². The summed E-state index contributed by atoms with van der Waals surface area (Å²) in [5.41, 5.74) is 6.83. The maximum Gasteiger partial charge on any atom is 0.115 e. The van der Waals surface area contributed by atoms with Crippen LogP contribution in [0, 0.1) is 5.92 Å². The molecule has 0 radical (unpaired) electrons. The van der Waals surface area contributed by atoms with Crippen LogP contribution in [0.2, 0.25) is 0 Å². The molecule has 3 heteroatoms. The molecule has 3 nitrogen and oxygen atoms in total. The smallest absolute Gasteiger partial charge is 0.115 e. The van der Waals surface area contributed by atoms with Crippen LogP contribution in [-0.4, -0.2) is 18.7 Å². The van der Waals surface area contributed by atoms with E-state index in [1.807, 2.05) is 19.2 Å². The van der Waals surface area contributed by atoms with E-state index < -0.39 is 0 Å². The summed E-state index contributed by atoms with van der Waals surface area (Å²) in [6.07, 6.45) is 4.45. The van der Waals surface area contributed by atoms with Crippen molar-refractivity contribution in [3.63, 3.8) is 0 Å². The fourth-order valence-corrected chi connectivity index (χ4v) is 4.17. The Labute approximate surface area is 137 Å². The van der Waals surface area contributed by atoms with Crippen LogP contribution >= 0.6 is 0 Å². The minimum atomic E-state index is 0.390. The maximum atomic E-state index is 9.65. The molecule has 2 aromatic rings. The number of nitrogens with one attached hydrogen (secondary N) is 2. The number of fused-ring (bicyclic) bond motifs is 2.